The highest BCUT2D eigenvalue weighted by Gasteiger charge is 2.36. The van der Waals surface area contributed by atoms with Gasteiger partial charge in [-0.25, -0.2) is 0 Å². The molecule has 0 spiro atoms. The third kappa shape index (κ3) is 1.14. The maximum Gasteiger partial charge on any atom is 0.182 e. The van der Waals surface area contributed by atoms with E-state index in [0.29, 0.717) is 0 Å². The number of rotatable bonds is 2. The van der Waals surface area contributed by atoms with E-state index in [1.807, 2.05) is 0 Å². The number of ether oxygens (including phenoxy) is 1. The summed E-state index contributed by atoms with van der Waals surface area (Å²) in [6, 6.07) is 0. The molecule has 0 aromatic carbocycles. The van der Waals surface area contributed by atoms with Crippen LogP contribution in [-0.4, -0.2) is 38.5 Å². The van der Waals surface area contributed by atoms with Gasteiger partial charge in [0.25, 0.3) is 0 Å². The zero-order valence-corrected chi connectivity index (χ0v) is 4.98. The molecule has 7 heavy (non-hydrogen) atoms. The van der Waals surface area contributed by atoms with E-state index < -0.39 is 0 Å². The van der Waals surface area contributed by atoms with Gasteiger partial charge in [0.2, 0.25) is 0 Å². The first-order valence-corrected chi connectivity index (χ1v) is 2.59. The Kier molecular flexibility index (Phi) is 1.05. The van der Waals surface area contributed by atoms with Gasteiger partial charge in [-0.05, 0) is 0 Å². The van der Waals surface area contributed by atoms with Crippen LogP contribution in [0, 0.1) is 0 Å². The van der Waals surface area contributed by atoms with Crippen LogP contribution in [0.1, 0.15) is 0 Å². The summed E-state index contributed by atoms with van der Waals surface area (Å²) in [6.07, 6.45) is 0. The third-order valence-electron chi connectivity index (χ3n) is 1.43. The minimum Gasteiger partial charge on any atom is -0.335 e. The number of hydrogen-bond acceptors (Lipinski definition) is 1. The van der Waals surface area contributed by atoms with E-state index in [0.717, 1.165) is 11.2 Å². The summed E-state index contributed by atoms with van der Waals surface area (Å²) in [5.41, 5.74) is 0. The van der Waals surface area contributed by atoms with E-state index >= 15 is 0 Å². The van der Waals surface area contributed by atoms with E-state index in [1.54, 1.807) is 7.11 Å². The molecule has 0 amide bonds. The molecule has 1 heterocycles. The second-order valence-electron chi connectivity index (χ2n) is 2.48. The largest absolute Gasteiger partial charge is 0.335 e. The minimum absolute atomic E-state index is 0.889. The molecule has 1 aliphatic heterocycles. The van der Waals surface area contributed by atoms with Gasteiger partial charge in [-0.2, -0.15) is 0 Å². The average molecular weight is 102 g/mol. The summed E-state index contributed by atoms with van der Waals surface area (Å²) in [6.45, 7) is 3.49. The zero-order valence-electron chi connectivity index (χ0n) is 4.98. The summed E-state index contributed by atoms with van der Waals surface area (Å²) in [4.78, 5) is 0. The standard InChI is InChI=1S/C5H12NO/c1-6(3-4-6)5-7-2/h3-5H2,1-2H3/q+1. The Bertz CT molecular complexity index is 68.5. The van der Waals surface area contributed by atoms with Crippen molar-refractivity contribution in [1.29, 1.82) is 0 Å². The number of quaternary nitrogens is 1. The Labute approximate surface area is 44.3 Å². The number of hydrogen-bond donors (Lipinski definition) is 0. The zero-order chi connectivity index (χ0) is 5.33. The van der Waals surface area contributed by atoms with Crippen molar-refractivity contribution in [3.05, 3.63) is 0 Å². The van der Waals surface area contributed by atoms with Gasteiger partial charge in [0.1, 0.15) is 13.1 Å². The fraction of sp³-hybridized carbons (Fsp3) is 1.00. The summed E-state index contributed by atoms with van der Waals surface area (Å²) in [5, 5.41) is 0. The second kappa shape index (κ2) is 1.46. The second-order valence-corrected chi connectivity index (χ2v) is 2.48. The Balaban J connectivity index is 2.13. The lowest BCUT2D eigenvalue weighted by Gasteiger charge is -2.07. The predicted octanol–water partition coefficient (Wildman–Crippen LogP) is 0.0505. The molecule has 1 aliphatic rings. The van der Waals surface area contributed by atoms with E-state index in [2.05, 4.69) is 7.05 Å². The molecule has 2 nitrogen and oxygen atoms in total. The highest BCUT2D eigenvalue weighted by molar-refractivity contribution is 4.45. The van der Waals surface area contributed by atoms with Crippen LogP contribution >= 0.6 is 0 Å². The summed E-state index contributed by atoms with van der Waals surface area (Å²) in [5.74, 6) is 0. The third-order valence-corrected chi connectivity index (χ3v) is 1.43. The van der Waals surface area contributed by atoms with Crippen molar-refractivity contribution in [3.63, 3.8) is 0 Å². The molecule has 0 aromatic heterocycles. The van der Waals surface area contributed by atoms with Crippen molar-refractivity contribution in [2.75, 3.05) is 34.0 Å². The monoisotopic (exact) mass is 102 g/mol. The van der Waals surface area contributed by atoms with E-state index in [1.165, 1.54) is 13.1 Å². The first-order chi connectivity index (χ1) is 3.27. The minimum atomic E-state index is 0.889. The number of methoxy groups -OCH3 is 1. The maximum absolute atomic E-state index is 4.94. The molecule has 1 rings (SSSR count). The van der Waals surface area contributed by atoms with Crippen LogP contribution < -0.4 is 0 Å². The molecular formula is C5H12NO+. The van der Waals surface area contributed by atoms with Crippen LogP contribution in [0.5, 0.6) is 0 Å². The summed E-state index contributed by atoms with van der Waals surface area (Å²) in [7, 11) is 3.95. The van der Waals surface area contributed by atoms with E-state index in [-0.39, 0.29) is 0 Å². The fourth-order valence-electron chi connectivity index (χ4n) is 0.611. The van der Waals surface area contributed by atoms with Crippen LogP contribution in [0.4, 0.5) is 0 Å². The van der Waals surface area contributed by atoms with Crippen molar-refractivity contribution in [1.82, 2.24) is 0 Å². The first kappa shape index (κ1) is 5.06. The molecular weight excluding hydrogens is 90.1 g/mol. The lowest BCUT2D eigenvalue weighted by atomic mass is 10.9. The van der Waals surface area contributed by atoms with Gasteiger partial charge in [0, 0.05) is 7.11 Å². The molecule has 1 fully saturated rings. The molecule has 0 radical (unpaired) electrons. The van der Waals surface area contributed by atoms with Crippen molar-refractivity contribution < 1.29 is 9.22 Å². The molecule has 0 aromatic rings. The molecule has 42 valence electrons. The maximum atomic E-state index is 4.94. The van der Waals surface area contributed by atoms with Crippen molar-refractivity contribution >= 4 is 0 Å². The molecule has 0 N–H and O–H groups in total. The molecule has 1 saturated heterocycles. The Morgan fingerprint density at radius 2 is 2.14 bits per heavy atom. The first-order valence-electron chi connectivity index (χ1n) is 2.59. The van der Waals surface area contributed by atoms with Crippen LogP contribution in [-0.2, 0) is 4.74 Å². The highest BCUT2D eigenvalue weighted by Crippen LogP contribution is 2.14. The van der Waals surface area contributed by atoms with E-state index in [4.69, 9.17) is 4.74 Å². The van der Waals surface area contributed by atoms with E-state index in [9.17, 15) is 0 Å². The van der Waals surface area contributed by atoms with Gasteiger partial charge in [0.15, 0.2) is 6.73 Å². The predicted molar refractivity (Wildman–Crippen MR) is 27.8 cm³/mol. The summed E-state index contributed by atoms with van der Waals surface area (Å²) >= 11 is 0. The van der Waals surface area contributed by atoms with Gasteiger partial charge in [-0.15, -0.1) is 0 Å². The molecule has 0 atom stereocenters. The Hall–Kier alpha value is -0.0800. The van der Waals surface area contributed by atoms with Crippen molar-refractivity contribution in [2.45, 2.75) is 0 Å². The van der Waals surface area contributed by atoms with Gasteiger partial charge in [-0.3, -0.25) is 4.48 Å². The van der Waals surface area contributed by atoms with Crippen LogP contribution in [0.15, 0.2) is 0 Å². The molecule has 0 bridgehead atoms. The lowest BCUT2D eigenvalue weighted by molar-refractivity contribution is -0.801. The van der Waals surface area contributed by atoms with Crippen molar-refractivity contribution in [2.24, 2.45) is 0 Å². The smallest absolute Gasteiger partial charge is 0.182 e. The Morgan fingerprint density at radius 1 is 1.57 bits per heavy atom. The molecule has 0 unspecified atom stereocenters. The van der Waals surface area contributed by atoms with Gasteiger partial charge >= 0.3 is 0 Å². The normalized spacial score (nSPS) is 24.9. The van der Waals surface area contributed by atoms with Gasteiger partial charge in [0.05, 0.1) is 7.05 Å². The average Bonchev–Trinajstić information content (AvgIpc) is 2.22. The van der Waals surface area contributed by atoms with Gasteiger partial charge < -0.3 is 4.74 Å². The highest BCUT2D eigenvalue weighted by atomic mass is 16.5. The SMILES string of the molecule is COC[N+]1(C)CC1. The van der Waals surface area contributed by atoms with Crippen molar-refractivity contribution in [3.8, 4) is 0 Å². The quantitative estimate of drug-likeness (QED) is 0.353. The molecule has 0 saturated carbocycles. The van der Waals surface area contributed by atoms with Crippen LogP contribution in [0.2, 0.25) is 0 Å². The Morgan fingerprint density at radius 3 is 2.29 bits per heavy atom. The number of likely N-dealkylation sites (N-methyl/N-ethyl adjacent to an activating group) is 1. The molecule has 2 heteroatoms. The fourth-order valence-corrected chi connectivity index (χ4v) is 0.611. The molecule has 0 aliphatic carbocycles. The van der Waals surface area contributed by atoms with Crippen LogP contribution in [0.3, 0.4) is 0 Å². The topological polar surface area (TPSA) is 9.23 Å². The number of nitrogens with zero attached hydrogens (tertiary/aromatic N) is 1. The van der Waals surface area contributed by atoms with Crippen LogP contribution in [0.25, 0.3) is 0 Å². The lowest BCUT2D eigenvalue weighted by Crippen LogP contribution is -2.21. The summed E-state index contributed by atoms with van der Waals surface area (Å²) < 4.78 is 6.06. The van der Waals surface area contributed by atoms with Gasteiger partial charge in [-0.1, -0.05) is 0 Å².